The van der Waals surface area contributed by atoms with Gasteiger partial charge in [-0.2, -0.15) is 0 Å². The summed E-state index contributed by atoms with van der Waals surface area (Å²) in [5, 5.41) is 5.36. The number of hydrogen-bond donors (Lipinski definition) is 2. The van der Waals surface area contributed by atoms with Gasteiger partial charge in [0.15, 0.2) is 6.10 Å². The molecule has 3 rings (SSSR count). The van der Waals surface area contributed by atoms with E-state index in [0.717, 1.165) is 25.9 Å². The van der Waals surface area contributed by atoms with Crippen molar-refractivity contribution in [2.45, 2.75) is 25.4 Å². The first-order valence-corrected chi connectivity index (χ1v) is 9.93. The van der Waals surface area contributed by atoms with Gasteiger partial charge in [0.1, 0.15) is 6.61 Å². The summed E-state index contributed by atoms with van der Waals surface area (Å²) in [4.78, 5) is 26.6. The molecule has 0 saturated carbocycles. The molecule has 4 N–H and O–H groups in total. The Morgan fingerprint density at radius 2 is 1.37 bits per heavy atom. The van der Waals surface area contributed by atoms with Gasteiger partial charge in [0, 0.05) is 17.9 Å². The number of anilines is 2. The Morgan fingerprint density at radius 3 is 1.93 bits per heavy atom. The number of rotatable bonds is 7. The first-order chi connectivity index (χ1) is 14.2. The van der Waals surface area contributed by atoms with Crippen LogP contribution in [-0.2, 0) is 9.47 Å². The average molecular weight is 415 g/mol. The van der Waals surface area contributed by atoms with Gasteiger partial charge in [-0.25, -0.2) is 9.59 Å². The van der Waals surface area contributed by atoms with Crippen molar-refractivity contribution >= 4 is 23.6 Å². The SMILES string of the molecule is O.O=C(Nc1ccccc1)OC[C@@H](CN1CCCCC1)OC(=O)Nc1ccccc1. The van der Waals surface area contributed by atoms with Crippen molar-refractivity contribution in [3.63, 3.8) is 0 Å². The van der Waals surface area contributed by atoms with Crippen molar-refractivity contribution in [3.8, 4) is 0 Å². The molecule has 0 aromatic heterocycles. The maximum absolute atomic E-state index is 12.3. The van der Waals surface area contributed by atoms with Gasteiger partial charge < -0.3 is 14.9 Å². The third-order valence-corrected chi connectivity index (χ3v) is 4.62. The second-order valence-corrected chi connectivity index (χ2v) is 6.97. The number of nitrogens with zero attached hydrogens (tertiary/aromatic N) is 1. The third kappa shape index (κ3) is 8.10. The van der Waals surface area contributed by atoms with Crippen LogP contribution in [0.4, 0.5) is 21.0 Å². The van der Waals surface area contributed by atoms with Crippen molar-refractivity contribution in [2.24, 2.45) is 0 Å². The summed E-state index contributed by atoms with van der Waals surface area (Å²) >= 11 is 0. The number of ether oxygens (including phenoxy) is 2. The molecule has 1 aliphatic rings. The molecule has 1 atom stereocenters. The second kappa shape index (κ2) is 12.5. The van der Waals surface area contributed by atoms with E-state index in [9.17, 15) is 9.59 Å². The molecule has 0 spiro atoms. The zero-order valence-electron chi connectivity index (χ0n) is 16.9. The number of carbonyl (C=O) groups is 2. The highest BCUT2D eigenvalue weighted by molar-refractivity contribution is 5.85. The third-order valence-electron chi connectivity index (χ3n) is 4.62. The highest BCUT2D eigenvalue weighted by Crippen LogP contribution is 2.12. The number of para-hydroxylation sites is 2. The van der Waals surface area contributed by atoms with Gasteiger partial charge in [-0.1, -0.05) is 42.8 Å². The van der Waals surface area contributed by atoms with Crippen molar-refractivity contribution in [1.29, 1.82) is 0 Å². The molecule has 0 unspecified atom stereocenters. The molecule has 2 aromatic rings. The van der Waals surface area contributed by atoms with Crippen LogP contribution >= 0.6 is 0 Å². The Morgan fingerprint density at radius 1 is 0.833 bits per heavy atom. The lowest BCUT2D eigenvalue weighted by molar-refractivity contribution is 0.0299. The summed E-state index contributed by atoms with van der Waals surface area (Å²) in [6.45, 7) is 2.42. The lowest BCUT2D eigenvalue weighted by Crippen LogP contribution is -2.41. The molecule has 162 valence electrons. The van der Waals surface area contributed by atoms with E-state index in [2.05, 4.69) is 15.5 Å². The molecule has 1 saturated heterocycles. The van der Waals surface area contributed by atoms with Crippen LogP contribution in [0, 0.1) is 0 Å². The van der Waals surface area contributed by atoms with Gasteiger partial charge in [0.05, 0.1) is 0 Å². The van der Waals surface area contributed by atoms with E-state index in [1.165, 1.54) is 6.42 Å². The van der Waals surface area contributed by atoms with Crippen LogP contribution in [0.1, 0.15) is 19.3 Å². The Balaban J connectivity index is 0.00000320. The second-order valence-electron chi connectivity index (χ2n) is 6.97. The minimum Gasteiger partial charge on any atom is -0.445 e. The zero-order chi connectivity index (χ0) is 20.3. The molecule has 0 radical (unpaired) electrons. The molecular weight excluding hydrogens is 386 g/mol. The van der Waals surface area contributed by atoms with Crippen LogP contribution in [0.2, 0.25) is 0 Å². The van der Waals surface area contributed by atoms with Gasteiger partial charge in [-0.15, -0.1) is 0 Å². The Bertz CT molecular complexity index is 767. The molecule has 0 aliphatic carbocycles. The van der Waals surface area contributed by atoms with E-state index in [1.54, 1.807) is 24.3 Å². The Labute approximate surface area is 176 Å². The smallest absolute Gasteiger partial charge is 0.412 e. The van der Waals surface area contributed by atoms with Gasteiger partial charge in [0.25, 0.3) is 0 Å². The topological polar surface area (TPSA) is 111 Å². The first kappa shape index (κ1) is 23.2. The average Bonchev–Trinajstić information content (AvgIpc) is 2.74. The van der Waals surface area contributed by atoms with Crippen LogP contribution in [-0.4, -0.2) is 54.9 Å². The van der Waals surface area contributed by atoms with Crippen LogP contribution < -0.4 is 10.6 Å². The van der Waals surface area contributed by atoms with Crippen molar-refractivity contribution < 1.29 is 24.5 Å². The number of piperidine rings is 1. The molecular formula is C22H29N3O5. The van der Waals surface area contributed by atoms with E-state index >= 15 is 0 Å². The molecule has 0 bridgehead atoms. The monoisotopic (exact) mass is 415 g/mol. The van der Waals surface area contributed by atoms with Gasteiger partial charge in [-0.3, -0.25) is 15.5 Å². The summed E-state index contributed by atoms with van der Waals surface area (Å²) < 4.78 is 10.9. The number of benzene rings is 2. The number of likely N-dealkylation sites (tertiary alicyclic amines) is 1. The van der Waals surface area contributed by atoms with Crippen LogP contribution in [0.15, 0.2) is 60.7 Å². The molecule has 8 heteroatoms. The van der Waals surface area contributed by atoms with E-state index in [0.29, 0.717) is 17.9 Å². The highest BCUT2D eigenvalue weighted by atomic mass is 16.6. The fourth-order valence-corrected chi connectivity index (χ4v) is 3.22. The van der Waals surface area contributed by atoms with Crippen molar-refractivity contribution in [3.05, 3.63) is 60.7 Å². The maximum atomic E-state index is 12.3. The summed E-state index contributed by atoms with van der Waals surface area (Å²) in [6.07, 6.45) is 1.76. The molecule has 8 nitrogen and oxygen atoms in total. The predicted molar refractivity (Wildman–Crippen MR) is 116 cm³/mol. The lowest BCUT2D eigenvalue weighted by atomic mass is 10.1. The number of nitrogens with one attached hydrogen (secondary N) is 2. The summed E-state index contributed by atoms with van der Waals surface area (Å²) in [5.74, 6) is 0. The van der Waals surface area contributed by atoms with E-state index in [-0.39, 0.29) is 12.1 Å². The predicted octanol–water partition coefficient (Wildman–Crippen LogP) is 3.51. The Hall–Kier alpha value is -3.10. The minimum absolute atomic E-state index is 0. The molecule has 1 aliphatic heterocycles. The van der Waals surface area contributed by atoms with Crippen molar-refractivity contribution in [1.82, 2.24) is 4.90 Å². The first-order valence-electron chi connectivity index (χ1n) is 9.93. The van der Waals surface area contributed by atoms with Crippen LogP contribution in [0.3, 0.4) is 0 Å². The molecule has 2 amide bonds. The van der Waals surface area contributed by atoms with Gasteiger partial charge in [-0.05, 0) is 50.2 Å². The fraction of sp³-hybridized carbons (Fsp3) is 0.364. The number of hydrogen-bond acceptors (Lipinski definition) is 5. The zero-order valence-corrected chi connectivity index (χ0v) is 16.9. The summed E-state index contributed by atoms with van der Waals surface area (Å²) in [5.41, 5.74) is 1.30. The van der Waals surface area contributed by atoms with E-state index in [4.69, 9.17) is 9.47 Å². The fourth-order valence-electron chi connectivity index (χ4n) is 3.22. The molecule has 1 fully saturated rings. The lowest BCUT2D eigenvalue weighted by Gasteiger charge is -2.30. The molecule has 30 heavy (non-hydrogen) atoms. The van der Waals surface area contributed by atoms with Gasteiger partial charge in [0.2, 0.25) is 0 Å². The normalized spacial score (nSPS) is 14.7. The Kier molecular flexibility index (Phi) is 9.63. The van der Waals surface area contributed by atoms with Gasteiger partial charge >= 0.3 is 12.2 Å². The summed E-state index contributed by atoms with van der Waals surface area (Å²) in [6, 6.07) is 18.2. The largest absolute Gasteiger partial charge is 0.445 e. The maximum Gasteiger partial charge on any atom is 0.412 e. The standard InChI is InChI=1S/C22H27N3O4.H2O/c26-21(23-18-10-4-1-5-11-18)28-17-20(16-25-14-8-3-9-15-25)29-22(27)24-19-12-6-2-7-13-19;/h1-2,4-7,10-13,20H,3,8-9,14-17H2,(H,23,26)(H,24,27);1H2/t20-;/m1./s1. The van der Waals surface area contributed by atoms with Crippen LogP contribution in [0.25, 0.3) is 0 Å². The quantitative estimate of drug-likeness (QED) is 0.719. The minimum atomic E-state index is -0.577. The van der Waals surface area contributed by atoms with Crippen LogP contribution in [0.5, 0.6) is 0 Å². The molecule has 2 aromatic carbocycles. The molecule has 1 heterocycles. The number of carbonyl (C=O) groups excluding carboxylic acids is 2. The van der Waals surface area contributed by atoms with Crippen molar-refractivity contribution in [2.75, 3.05) is 36.9 Å². The summed E-state index contributed by atoms with van der Waals surface area (Å²) in [7, 11) is 0. The van der Waals surface area contributed by atoms with E-state index in [1.807, 2.05) is 36.4 Å². The highest BCUT2D eigenvalue weighted by Gasteiger charge is 2.22. The van der Waals surface area contributed by atoms with E-state index < -0.39 is 18.3 Å². The number of amides is 2.